The molecule has 2 heterocycles. The highest BCUT2D eigenvalue weighted by molar-refractivity contribution is 6.30. The van der Waals surface area contributed by atoms with E-state index in [1.54, 1.807) is 32.2 Å². The first-order valence-corrected chi connectivity index (χ1v) is 7.46. The van der Waals surface area contributed by atoms with Crippen molar-refractivity contribution in [1.82, 2.24) is 15.0 Å². The molecule has 1 fully saturated rings. The molecule has 0 bridgehead atoms. The van der Waals surface area contributed by atoms with Crippen LogP contribution in [0.2, 0.25) is 5.02 Å². The van der Waals surface area contributed by atoms with Crippen molar-refractivity contribution in [3.63, 3.8) is 0 Å². The van der Waals surface area contributed by atoms with Crippen LogP contribution < -0.4 is 0 Å². The largest absolute Gasteiger partial charge is 0.380 e. The predicted molar refractivity (Wildman–Crippen MR) is 79.0 cm³/mol. The molecule has 1 aliphatic heterocycles. The third-order valence-electron chi connectivity index (χ3n) is 3.93. The van der Waals surface area contributed by atoms with E-state index in [0.29, 0.717) is 30.4 Å². The Morgan fingerprint density at radius 2 is 2.32 bits per heavy atom. The van der Waals surface area contributed by atoms with Gasteiger partial charge in [-0.1, -0.05) is 28.9 Å². The average Bonchev–Trinajstić information content (AvgIpc) is 3.10. The van der Waals surface area contributed by atoms with Crippen molar-refractivity contribution in [3.05, 3.63) is 46.3 Å². The van der Waals surface area contributed by atoms with Crippen LogP contribution in [0.15, 0.2) is 22.7 Å². The Morgan fingerprint density at radius 1 is 1.50 bits per heavy atom. The van der Waals surface area contributed by atoms with Crippen molar-refractivity contribution in [2.45, 2.75) is 32.0 Å². The second-order valence-electron chi connectivity index (χ2n) is 5.43. The molecule has 0 amide bonds. The highest BCUT2D eigenvalue weighted by Crippen LogP contribution is 2.34. The maximum Gasteiger partial charge on any atom is 0.244 e. The Bertz CT molecular complexity index is 664. The van der Waals surface area contributed by atoms with Crippen molar-refractivity contribution in [2.24, 2.45) is 0 Å². The summed E-state index contributed by atoms with van der Waals surface area (Å²) in [5.74, 6) is 0.745. The predicted octanol–water partition coefficient (Wildman–Crippen LogP) is 3.13. The Kier molecular flexibility index (Phi) is 4.42. The van der Waals surface area contributed by atoms with Gasteiger partial charge >= 0.3 is 0 Å². The molecule has 0 radical (unpaired) electrons. The zero-order valence-corrected chi connectivity index (χ0v) is 13.2. The van der Waals surface area contributed by atoms with Gasteiger partial charge in [0.1, 0.15) is 5.82 Å². The second-order valence-corrected chi connectivity index (χ2v) is 5.84. The molecule has 1 aromatic heterocycles. The lowest BCUT2D eigenvalue weighted by Crippen LogP contribution is -2.25. The van der Waals surface area contributed by atoms with E-state index in [1.807, 2.05) is 0 Å². The fourth-order valence-electron chi connectivity index (χ4n) is 2.80. The van der Waals surface area contributed by atoms with E-state index in [-0.39, 0.29) is 23.0 Å². The number of hydrogen-bond acceptors (Lipinski definition) is 5. The summed E-state index contributed by atoms with van der Waals surface area (Å²) in [6, 6.07) is 4.94. The van der Waals surface area contributed by atoms with E-state index < -0.39 is 0 Å². The zero-order chi connectivity index (χ0) is 15.7. The molecule has 2 atom stereocenters. The summed E-state index contributed by atoms with van der Waals surface area (Å²) in [6.45, 7) is 2.86. The topological polar surface area (TPSA) is 51.4 Å². The lowest BCUT2D eigenvalue weighted by molar-refractivity contribution is 0.107. The van der Waals surface area contributed by atoms with Crippen LogP contribution in [-0.4, -0.2) is 34.8 Å². The smallest absolute Gasteiger partial charge is 0.244 e. The molecule has 118 valence electrons. The Hall–Kier alpha value is -1.50. The molecule has 22 heavy (non-hydrogen) atoms. The number of aromatic nitrogens is 2. The van der Waals surface area contributed by atoms with Gasteiger partial charge in [0, 0.05) is 25.8 Å². The Morgan fingerprint density at radius 3 is 3.00 bits per heavy atom. The van der Waals surface area contributed by atoms with Crippen molar-refractivity contribution in [2.75, 3.05) is 13.7 Å². The molecule has 1 aromatic carbocycles. The van der Waals surface area contributed by atoms with Crippen molar-refractivity contribution >= 4 is 11.6 Å². The molecule has 2 aromatic rings. The maximum absolute atomic E-state index is 14.1. The standard InChI is InChI=1S/C15H17ClFN3O2/c1-9-18-15(22-19-9)13-6-11(21-2)8-20(13)7-10-4-3-5-12(16)14(10)17/h3-5,11,13H,6-8H2,1-2H3/t11-,13+/m0/s1. The van der Waals surface area contributed by atoms with Crippen LogP contribution in [0.4, 0.5) is 4.39 Å². The van der Waals surface area contributed by atoms with Gasteiger partial charge in [-0.05, 0) is 19.4 Å². The molecular formula is C15H17ClFN3O2. The Labute approximate surface area is 133 Å². The summed E-state index contributed by atoms with van der Waals surface area (Å²) < 4.78 is 24.9. The van der Waals surface area contributed by atoms with Crippen LogP contribution in [0.1, 0.15) is 29.7 Å². The van der Waals surface area contributed by atoms with Crippen molar-refractivity contribution in [1.29, 1.82) is 0 Å². The first-order valence-electron chi connectivity index (χ1n) is 7.08. The fraction of sp³-hybridized carbons (Fsp3) is 0.467. The van der Waals surface area contributed by atoms with Gasteiger partial charge in [0.15, 0.2) is 5.82 Å². The quantitative estimate of drug-likeness (QED) is 0.864. The average molecular weight is 326 g/mol. The van der Waals surface area contributed by atoms with Gasteiger partial charge in [-0.15, -0.1) is 0 Å². The first-order chi connectivity index (χ1) is 10.6. The number of rotatable bonds is 4. The molecule has 0 unspecified atom stereocenters. The number of benzene rings is 1. The number of likely N-dealkylation sites (tertiary alicyclic amines) is 1. The summed E-state index contributed by atoms with van der Waals surface area (Å²) >= 11 is 5.85. The lowest BCUT2D eigenvalue weighted by Gasteiger charge is -2.21. The van der Waals surface area contributed by atoms with Gasteiger partial charge in [0.2, 0.25) is 5.89 Å². The van der Waals surface area contributed by atoms with Crippen LogP contribution in [0, 0.1) is 12.7 Å². The third kappa shape index (κ3) is 2.99. The molecule has 1 saturated heterocycles. The monoisotopic (exact) mass is 325 g/mol. The minimum atomic E-state index is -0.384. The van der Waals surface area contributed by atoms with Gasteiger partial charge in [-0.3, -0.25) is 4.90 Å². The Balaban J connectivity index is 1.84. The molecule has 0 spiro atoms. The van der Waals surface area contributed by atoms with E-state index in [9.17, 15) is 4.39 Å². The summed E-state index contributed by atoms with van der Waals surface area (Å²) in [5, 5.41) is 3.97. The van der Waals surface area contributed by atoms with Gasteiger partial charge in [0.25, 0.3) is 0 Å². The highest BCUT2D eigenvalue weighted by Gasteiger charge is 2.37. The molecule has 5 nitrogen and oxygen atoms in total. The number of ether oxygens (including phenoxy) is 1. The van der Waals surface area contributed by atoms with E-state index in [0.717, 1.165) is 6.42 Å². The molecule has 1 aliphatic rings. The molecule has 0 N–H and O–H groups in total. The molecule has 0 saturated carbocycles. The van der Waals surface area contributed by atoms with E-state index in [4.69, 9.17) is 20.9 Å². The number of methoxy groups -OCH3 is 1. The van der Waals surface area contributed by atoms with Crippen LogP contribution in [0.25, 0.3) is 0 Å². The van der Waals surface area contributed by atoms with Crippen molar-refractivity contribution in [3.8, 4) is 0 Å². The molecule has 3 rings (SSSR count). The third-order valence-corrected chi connectivity index (χ3v) is 4.22. The number of nitrogens with zero attached hydrogens (tertiary/aromatic N) is 3. The molecular weight excluding hydrogens is 309 g/mol. The lowest BCUT2D eigenvalue weighted by atomic mass is 10.1. The molecule has 7 heteroatoms. The van der Waals surface area contributed by atoms with Gasteiger partial charge in [-0.2, -0.15) is 4.98 Å². The molecule has 0 aliphatic carbocycles. The summed E-state index contributed by atoms with van der Waals surface area (Å²) in [5.41, 5.74) is 0.547. The van der Waals surface area contributed by atoms with Gasteiger partial charge < -0.3 is 9.26 Å². The van der Waals surface area contributed by atoms with E-state index in [1.165, 1.54) is 0 Å². The van der Waals surface area contributed by atoms with Crippen LogP contribution in [0.5, 0.6) is 0 Å². The zero-order valence-electron chi connectivity index (χ0n) is 12.4. The van der Waals surface area contributed by atoms with E-state index >= 15 is 0 Å². The highest BCUT2D eigenvalue weighted by atomic mass is 35.5. The first kappa shape index (κ1) is 15.4. The summed E-state index contributed by atoms with van der Waals surface area (Å²) in [7, 11) is 1.67. The summed E-state index contributed by atoms with van der Waals surface area (Å²) in [6.07, 6.45) is 0.791. The van der Waals surface area contributed by atoms with Gasteiger partial charge in [0.05, 0.1) is 17.2 Å². The van der Waals surface area contributed by atoms with Crippen LogP contribution in [-0.2, 0) is 11.3 Å². The van der Waals surface area contributed by atoms with Crippen LogP contribution >= 0.6 is 11.6 Å². The van der Waals surface area contributed by atoms with Gasteiger partial charge in [-0.25, -0.2) is 4.39 Å². The minimum Gasteiger partial charge on any atom is -0.380 e. The summed E-state index contributed by atoms with van der Waals surface area (Å²) in [4.78, 5) is 6.38. The fourth-order valence-corrected chi connectivity index (χ4v) is 3.00. The SMILES string of the molecule is CO[C@H]1C[C@H](c2nc(C)no2)N(Cc2cccc(Cl)c2F)C1. The van der Waals surface area contributed by atoms with Crippen LogP contribution in [0.3, 0.4) is 0 Å². The van der Waals surface area contributed by atoms with Crippen molar-refractivity contribution < 1.29 is 13.7 Å². The number of halogens is 2. The second kappa shape index (κ2) is 6.32. The van der Waals surface area contributed by atoms with E-state index in [2.05, 4.69) is 15.0 Å². The minimum absolute atomic E-state index is 0.0550. The number of aryl methyl sites for hydroxylation is 1. The normalized spacial score (nSPS) is 22.4. The number of hydrogen-bond donors (Lipinski definition) is 0. The maximum atomic E-state index is 14.1.